The topological polar surface area (TPSA) is 55.4 Å². The normalized spacial score (nSPS) is 15.1. The van der Waals surface area contributed by atoms with Gasteiger partial charge >= 0.3 is 6.09 Å². The molecule has 0 aliphatic heterocycles. The van der Waals surface area contributed by atoms with Crippen LogP contribution in [0.2, 0.25) is 0 Å². The van der Waals surface area contributed by atoms with E-state index in [0.29, 0.717) is 5.41 Å². The Morgan fingerprint density at radius 1 is 1.04 bits per heavy atom. The minimum Gasteiger partial charge on any atom is -0.444 e. The van der Waals surface area contributed by atoms with Gasteiger partial charge in [0, 0.05) is 5.92 Å². The number of rotatable bonds is 6. The van der Waals surface area contributed by atoms with E-state index in [9.17, 15) is 9.59 Å². The molecule has 158 valence electrons. The highest BCUT2D eigenvalue weighted by Gasteiger charge is 2.37. The summed E-state index contributed by atoms with van der Waals surface area (Å²) in [6.45, 7) is 16.3. The van der Waals surface area contributed by atoms with Gasteiger partial charge in [-0.05, 0) is 56.6 Å². The van der Waals surface area contributed by atoms with Gasteiger partial charge in [0.2, 0.25) is 0 Å². The lowest BCUT2D eigenvalue weighted by molar-refractivity contribution is -0.122. The molecule has 1 unspecified atom stereocenters. The highest BCUT2D eigenvalue weighted by atomic mass is 16.6. The van der Waals surface area contributed by atoms with Crippen LogP contribution in [0.4, 0.5) is 4.79 Å². The van der Waals surface area contributed by atoms with Crippen molar-refractivity contribution in [2.45, 2.75) is 92.7 Å². The summed E-state index contributed by atoms with van der Waals surface area (Å²) >= 11 is 0. The summed E-state index contributed by atoms with van der Waals surface area (Å²) in [6.07, 6.45) is 3.38. The third-order valence-corrected chi connectivity index (χ3v) is 3.78. The highest BCUT2D eigenvalue weighted by Crippen LogP contribution is 2.35. The second kappa shape index (κ2) is 10.1. The maximum Gasteiger partial charge on any atom is 0.408 e. The quantitative estimate of drug-likeness (QED) is 0.627. The van der Waals surface area contributed by atoms with Gasteiger partial charge in [-0.25, -0.2) is 4.79 Å². The van der Waals surface area contributed by atoms with Gasteiger partial charge in [0.05, 0.1) is 0 Å². The third-order valence-electron chi connectivity index (χ3n) is 3.78. The molecule has 1 N–H and O–H groups in total. The zero-order chi connectivity index (χ0) is 21.5. The molecule has 1 saturated carbocycles. The number of alkyl carbamates (subject to hydrolysis) is 1. The fourth-order valence-corrected chi connectivity index (χ4v) is 2.51. The van der Waals surface area contributed by atoms with Gasteiger partial charge in [0.1, 0.15) is 11.6 Å². The predicted molar refractivity (Wildman–Crippen MR) is 115 cm³/mol. The zero-order valence-corrected chi connectivity index (χ0v) is 19.0. The molecule has 1 aliphatic carbocycles. The van der Waals surface area contributed by atoms with Crippen LogP contribution in [0, 0.1) is 11.3 Å². The number of ether oxygens (including phenoxy) is 1. The molecule has 1 fully saturated rings. The molecule has 0 radical (unpaired) electrons. The Morgan fingerprint density at radius 2 is 1.54 bits per heavy atom. The van der Waals surface area contributed by atoms with Crippen LogP contribution >= 0.6 is 0 Å². The van der Waals surface area contributed by atoms with Gasteiger partial charge in [0.15, 0.2) is 5.78 Å². The van der Waals surface area contributed by atoms with Crippen molar-refractivity contribution in [1.29, 1.82) is 0 Å². The van der Waals surface area contributed by atoms with E-state index in [2.05, 4.69) is 39.9 Å². The SMILES string of the molecule is CC(C)(C)C.CCCc1ccc(C(NC(=O)OC(C)(C)C)C(=O)C2CC2)cc1. The lowest BCUT2D eigenvalue weighted by Gasteiger charge is -2.23. The van der Waals surface area contributed by atoms with Gasteiger partial charge < -0.3 is 10.1 Å². The summed E-state index contributed by atoms with van der Waals surface area (Å²) in [4.78, 5) is 24.6. The number of carbonyl (C=O) groups excluding carboxylic acids is 2. The number of nitrogens with one attached hydrogen (secondary N) is 1. The molecule has 0 saturated heterocycles. The average molecular weight is 390 g/mol. The second-order valence-electron chi connectivity index (χ2n) is 10.2. The number of benzene rings is 1. The van der Waals surface area contributed by atoms with Crippen LogP contribution in [0.3, 0.4) is 0 Å². The minimum absolute atomic E-state index is 0.0743. The molecule has 1 atom stereocenters. The summed E-state index contributed by atoms with van der Waals surface area (Å²) in [7, 11) is 0. The van der Waals surface area contributed by atoms with E-state index >= 15 is 0 Å². The molecule has 1 aromatic rings. The average Bonchev–Trinajstić information content (AvgIpc) is 3.35. The number of ketones is 1. The van der Waals surface area contributed by atoms with Crippen LogP contribution in [-0.2, 0) is 16.0 Å². The molecule has 4 nitrogen and oxygen atoms in total. The molecule has 1 aromatic carbocycles. The Hall–Kier alpha value is -1.84. The van der Waals surface area contributed by atoms with Crippen molar-refractivity contribution >= 4 is 11.9 Å². The minimum atomic E-state index is -0.618. The molecule has 28 heavy (non-hydrogen) atoms. The first-order chi connectivity index (χ1) is 12.8. The maximum atomic E-state index is 12.5. The molecule has 0 spiro atoms. The molecule has 2 rings (SSSR count). The molecule has 0 aromatic heterocycles. The number of aryl methyl sites for hydroxylation is 1. The van der Waals surface area contributed by atoms with Crippen molar-refractivity contribution in [3.63, 3.8) is 0 Å². The van der Waals surface area contributed by atoms with Crippen LogP contribution in [0.15, 0.2) is 24.3 Å². The summed E-state index contributed by atoms with van der Waals surface area (Å²) in [5.41, 5.74) is 1.99. The Morgan fingerprint density at radius 3 is 1.93 bits per heavy atom. The van der Waals surface area contributed by atoms with E-state index in [0.717, 1.165) is 31.2 Å². The Bertz CT molecular complexity index is 625. The monoisotopic (exact) mass is 389 g/mol. The molecule has 0 bridgehead atoms. The molecule has 1 amide bonds. The van der Waals surface area contributed by atoms with Crippen molar-refractivity contribution in [1.82, 2.24) is 5.32 Å². The number of hydrogen-bond donors (Lipinski definition) is 1. The fraction of sp³-hybridized carbons (Fsp3) is 0.667. The van der Waals surface area contributed by atoms with Crippen LogP contribution in [0.5, 0.6) is 0 Å². The largest absolute Gasteiger partial charge is 0.444 e. The molecule has 1 aliphatic rings. The van der Waals surface area contributed by atoms with E-state index in [4.69, 9.17) is 4.74 Å². The van der Waals surface area contributed by atoms with Gasteiger partial charge in [-0.15, -0.1) is 0 Å². The third kappa shape index (κ3) is 10.5. The fourth-order valence-electron chi connectivity index (χ4n) is 2.51. The molecule has 0 heterocycles. The maximum absolute atomic E-state index is 12.5. The standard InChI is InChI=1S/C19H27NO3.C5H12/c1-5-6-13-7-9-14(10-8-13)16(17(21)15-11-12-15)20-18(22)23-19(2,3)4;1-5(2,3)4/h7-10,15-16H,5-6,11-12H2,1-4H3,(H,20,22);1-4H3. The van der Waals surface area contributed by atoms with Crippen molar-refractivity contribution in [3.05, 3.63) is 35.4 Å². The van der Waals surface area contributed by atoms with E-state index in [-0.39, 0.29) is 11.7 Å². The van der Waals surface area contributed by atoms with Gasteiger partial charge in [0.25, 0.3) is 0 Å². The summed E-state index contributed by atoms with van der Waals surface area (Å²) < 4.78 is 5.30. The second-order valence-corrected chi connectivity index (χ2v) is 10.2. The Kier molecular flexibility index (Phi) is 8.72. The van der Waals surface area contributed by atoms with Gasteiger partial charge in [-0.2, -0.15) is 0 Å². The van der Waals surface area contributed by atoms with E-state index < -0.39 is 17.7 Å². The van der Waals surface area contributed by atoms with E-state index in [1.165, 1.54) is 5.56 Å². The van der Waals surface area contributed by atoms with Gasteiger partial charge in [-0.1, -0.05) is 65.3 Å². The zero-order valence-electron chi connectivity index (χ0n) is 19.0. The molecular weight excluding hydrogens is 350 g/mol. The van der Waals surface area contributed by atoms with Crippen molar-refractivity contribution in [2.75, 3.05) is 0 Å². The number of amides is 1. The van der Waals surface area contributed by atoms with Crippen LogP contribution < -0.4 is 5.32 Å². The van der Waals surface area contributed by atoms with Crippen LogP contribution in [0.1, 0.15) is 91.8 Å². The number of hydrogen-bond acceptors (Lipinski definition) is 3. The lowest BCUT2D eigenvalue weighted by Crippen LogP contribution is -2.38. The first-order valence-electron chi connectivity index (χ1n) is 10.4. The van der Waals surface area contributed by atoms with E-state index in [1.54, 1.807) is 0 Å². The first kappa shape index (κ1) is 24.2. The number of carbonyl (C=O) groups is 2. The Balaban J connectivity index is 0.000000696. The van der Waals surface area contributed by atoms with Crippen molar-refractivity contribution in [2.24, 2.45) is 11.3 Å². The molecular formula is C24H39NO3. The highest BCUT2D eigenvalue weighted by molar-refractivity contribution is 5.91. The van der Waals surface area contributed by atoms with Crippen LogP contribution in [-0.4, -0.2) is 17.5 Å². The van der Waals surface area contributed by atoms with Crippen molar-refractivity contribution in [3.8, 4) is 0 Å². The lowest BCUT2D eigenvalue weighted by atomic mass is 9.98. The van der Waals surface area contributed by atoms with E-state index in [1.807, 2.05) is 45.0 Å². The summed E-state index contributed by atoms with van der Waals surface area (Å²) in [5.74, 6) is 0.157. The van der Waals surface area contributed by atoms with Crippen molar-refractivity contribution < 1.29 is 14.3 Å². The summed E-state index contributed by atoms with van der Waals surface area (Å²) in [6, 6.07) is 7.32. The number of Topliss-reactive ketones (excluding diaryl/α,β-unsaturated/α-hetero) is 1. The van der Waals surface area contributed by atoms with Crippen LogP contribution in [0.25, 0.3) is 0 Å². The first-order valence-corrected chi connectivity index (χ1v) is 10.4. The smallest absolute Gasteiger partial charge is 0.408 e. The molecule has 4 heteroatoms. The Labute approximate surface area is 171 Å². The van der Waals surface area contributed by atoms with Gasteiger partial charge in [-0.3, -0.25) is 4.79 Å². The summed E-state index contributed by atoms with van der Waals surface area (Å²) in [5, 5.41) is 2.75. The predicted octanol–water partition coefficient (Wildman–Crippen LogP) is 6.24.